The Morgan fingerprint density at radius 1 is 1.06 bits per heavy atom. The van der Waals surface area contributed by atoms with Gasteiger partial charge in [-0.25, -0.2) is 0 Å². The highest BCUT2D eigenvalue weighted by Gasteiger charge is 1.94. The minimum absolute atomic E-state index is 0.920. The maximum absolute atomic E-state index is 4.29. The van der Waals surface area contributed by atoms with Crippen molar-refractivity contribution >= 4 is 22.6 Å². The predicted molar refractivity (Wildman–Crippen MR) is 78.8 cm³/mol. The molecular formula is C14H15IN2. The minimum Gasteiger partial charge on any atom is -0.312 e. The molecule has 0 saturated carbocycles. The van der Waals surface area contributed by atoms with Gasteiger partial charge in [0.05, 0.1) is 0 Å². The monoisotopic (exact) mass is 338 g/mol. The summed E-state index contributed by atoms with van der Waals surface area (Å²) in [5.41, 5.74) is 2.47. The SMILES string of the molecule is Ic1ccc(CNCCc2ccccn2)cc1. The van der Waals surface area contributed by atoms with Gasteiger partial charge in [0.1, 0.15) is 0 Å². The zero-order valence-electron chi connectivity index (χ0n) is 9.57. The van der Waals surface area contributed by atoms with Gasteiger partial charge in [-0.15, -0.1) is 0 Å². The quantitative estimate of drug-likeness (QED) is 0.670. The first-order chi connectivity index (χ1) is 8.34. The summed E-state index contributed by atoms with van der Waals surface area (Å²) in [5.74, 6) is 0. The lowest BCUT2D eigenvalue weighted by atomic mass is 10.2. The number of nitrogens with one attached hydrogen (secondary N) is 1. The van der Waals surface area contributed by atoms with Gasteiger partial charge in [-0.3, -0.25) is 4.98 Å². The molecule has 2 nitrogen and oxygen atoms in total. The molecule has 1 N–H and O–H groups in total. The van der Waals surface area contributed by atoms with E-state index >= 15 is 0 Å². The van der Waals surface area contributed by atoms with Gasteiger partial charge in [0.2, 0.25) is 0 Å². The van der Waals surface area contributed by atoms with Crippen LogP contribution >= 0.6 is 22.6 Å². The molecule has 1 aromatic carbocycles. The van der Waals surface area contributed by atoms with E-state index in [2.05, 4.69) is 63.2 Å². The molecule has 1 aromatic heterocycles. The van der Waals surface area contributed by atoms with Crippen LogP contribution in [0.2, 0.25) is 0 Å². The standard InChI is InChI=1S/C14H15IN2/c15-13-6-4-12(5-7-13)11-16-10-8-14-3-1-2-9-17-14/h1-7,9,16H,8,10-11H2. The lowest BCUT2D eigenvalue weighted by Crippen LogP contribution is -2.17. The molecule has 1 heterocycles. The first kappa shape index (κ1) is 12.5. The average Bonchev–Trinajstić information content (AvgIpc) is 2.38. The van der Waals surface area contributed by atoms with Crippen molar-refractivity contribution in [3.63, 3.8) is 0 Å². The third-order valence-corrected chi connectivity index (χ3v) is 3.25. The summed E-state index contributed by atoms with van der Waals surface area (Å²) in [6, 6.07) is 14.6. The van der Waals surface area contributed by atoms with Gasteiger partial charge in [-0.2, -0.15) is 0 Å². The summed E-state index contributed by atoms with van der Waals surface area (Å²) in [5, 5.41) is 3.43. The molecule has 0 bridgehead atoms. The maximum atomic E-state index is 4.29. The Kier molecular flexibility index (Phi) is 4.94. The Labute approximate surface area is 116 Å². The molecule has 0 aliphatic heterocycles. The van der Waals surface area contributed by atoms with Crippen LogP contribution in [0, 0.1) is 3.57 Å². The fraction of sp³-hybridized carbons (Fsp3) is 0.214. The second kappa shape index (κ2) is 6.71. The molecule has 88 valence electrons. The van der Waals surface area contributed by atoms with Crippen LogP contribution in [0.3, 0.4) is 0 Å². The number of aromatic nitrogens is 1. The lowest BCUT2D eigenvalue weighted by Gasteiger charge is -2.04. The Morgan fingerprint density at radius 3 is 2.59 bits per heavy atom. The number of nitrogens with zero attached hydrogens (tertiary/aromatic N) is 1. The molecule has 0 aliphatic carbocycles. The highest BCUT2D eigenvalue weighted by molar-refractivity contribution is 14.1. The molecule has 3 heteroatoms. The zero-order chi connectivity index (χ0) is 11.9. The summed E-state index contributed by atoms with van der Waals surface area (Å²) in [4.78, 5) is 4.29. The second-order valence-corrected chi connectivity index (χ2v) is 5.12. The van der Waals surface area contributed by atoms with E-state index in [0.29, 0.717) is 0 Å². The van der Waals surface area contributed by atoms with E-state index in [0.717, 1.165) is 25.2 Å². The molecule has 17 heavy (non-hydrogen) atoms. The van der Waals surface area contributed by atoms with E-state index < -0.39 is 0 Å². The Balaban J connectivity index is 1.71. The third-order valence-electron chi connectivity index (χ3n) is 2.53. The van der Waals surface area contributed by atoms with E-state index in [-0.39, 0.29) is 0 Å². The van der Waals surface area contributed by atoms with Crippen LogP contribution in [0.25, 0.3) is 0 Å². The second-order valence-electron chi connectivity index (χ2n) is 3.87. The minimum atomic E-state index is 0.920. The molecule has 0 fully saturated rings. The molecule has 2 rings (SSSR count). The summed E-state index contributed by atoms with van der Waals surface area (Å²) in [7, 11) is 0. The highest BCUT2D eigenvalue weighted by atomic mass is 127. The van der Waals surface area contributed by atoms with Gasteiger partial charge in [0, 0.05) is 35.0 Å². The molecule has 0 saturated heterocycles. The average molecular weight is 338 g/mol. The van der Waals surface area contributed by atoms with Crippen molar-refractivity contribution in [2.24, 2.45) is 0 Å². The largest absolute Gasteiger partial charge is 0.312 e. The van der Waals surface area contributed by atoms with Crippen LogP contribution in [0.5, 0.6) is 0 Å². The van der Waals surface area contributed by atoms with E-state index in [4.69, 9.17) is 0 Å². The first-order valence-corrected chi connectivity index (χ1v) is 6.77. The van der Waals surface area contributed by atoms with Gasteiger partial charge < -0.3 is 5.32 Å². The van der Waals surface area contributed by atoms with Crippen LogP contribution in [-0.2, 0) is 13.0 Å². The van der Waals surface area contributed by atoms with Crippen LogP contribution in [-0.4, -0.2) is 11.5 Å². The van der Waals surface area contributed by atoms with Gasteiger partial charge in [-0.05, 0) is 52.4 Å². The Morgan fingerprint density at radius 2 is 1.88 bits per heavy atom. The van der Waals surface area contributed by atoms with E-state index in [1.54, 1.807) is 0 Å². The number of benzene rings is 1. The van der Waals surface area contributed by atoms with Crippen LogP contribution in [0.15, 0.2) is 48.7 Å². The van der Waals surface area contributed by atoms with Crippen molar-refractivity contribution in [3.8, 4) is 0 Å². The number of hydrogen-bond acceptors (Lipinski definition) is 2. The topological polar surface area (TPSA) is 24.9 Å². The molecule has 0 unspecified atom stereocenters. The summed E-state index contributed by atoms with van der Waals surface area (Å²) < 4.78 is 1.28. The van der Waals surface area contributed by atoms with Crippen molar-refractivity contribution < 1.29 is 0 Å². The van der Waals surface area contributed by atoms with Crippen LogP contribution in [0.4, 0.5) is 0 Å². The number of rotatable bonds is 5. The Hall–Kier alpha value is -0.940. The van der Waals surface area contributed by atoms with E-state index in [1.807, 2.05) is 18.3 Å². The normalized spacial score (nSPS) is 10.4. The van der Waals surface area contributed by atoms with Gasteiger partial charge in [0.15, 0.2) is 0 Å². The van der Waals surface area contributed by atoms with Gasteiger partial charge >= 0.3 is 0 Å². The summed E-state index contributed by atoms with van der Waals surface area (Å²) in [6.45, 7) is 1.88. The van der Waals surface area contributed by atoms with Crippen molar-refractivity contribution in [2.45, 2.75) is 13.0 Å². The number of hydrogen-bond donors (Lipinski definition) is 1. The number of pyridine rings is 1. The van der Waals surface area contributed by atoms with Gasteiger partial charge in [0.25, 0.3) is 0 Å². The Bertz CT molecular complexity index is 440. The van der Waals surface area contributed by atoms with Crippen LogP contribution in [0.1, 0.15) is 11.3 Å². The fourth-order valence-corrected chi connectivity index (χ4v) is 1.96. The van der Waals surface area contributed by atoms with Crippen molar-refractivity contribution in [2.75, 3.05) is 6.54 Å². The predicted octanol–water partition coefficient (Wildman–Crippen LogP) is 3.02. The summed E-state index contributed by atoms with van der Waals surface area (Å²) in [6.07, 6.45) is 2.82. The molecule has 0 radical (unpaired) electrons. The zero-order valence-corrected chi connectivity index (χ0v) is 11.7. The molecule has 2 aromatic rings. The molecule has 0 aliphatic rings. The molecular weight excluding hydrogens is 323 g/mol. The summed E-state index contributed by atoms with van der Waals surface area (Å²) >= 11 is 2.32. The first-order valence-electron chi connectivity index (χ1n) is 5.70. The smallest absolute Gasteiger partial charge is 0.0416 e. The van der Waals surface area contributed by atoms with E-state index in [9.17, 15) is 0 Å². The fourth-order valence-electron chi connectivity index (χ4n) is 1.60. The third kappa shape index (κ3) is 4.44. The number of halogens is 1. The molecule has 0 amide bonds. The molecule has 0 atom stereocenters. The van der Waals surface area contributed by atoms with Crippen LogP contribution < -0.4 is 5.32 Å². The lowest BCUT2D eigenvalue weighted by molar-refractivity contribution is 0.680. The van der Waals surface area contributed by atoms with Gasteiger partial charge in [-0.1, -0.05) is 18.2 Å². The van der Waals surface area contributed by atoms with E-state index in [1.165, 1.54) is 9.13 Å². The van der Waals surface area contributed by atoms with Crippen molar-refractivity contribution in [1.82, 2.24) is 10.3 Å². The van der Waals surface area contributed by atoms with Crippen molar-refractivity contribution in [3.05, 3.63) is 63.5 Å². The maximum Gasteiger partial charge on any atom is 0.0416 e. The van der Waals surface area contributed by atoms with Crippen molar-refractivity contribution in [1.29, 1.82) is 0 Å². The highest BCUT2D eigenvalue weighted by Crippen LogP contribution is 2.06. The molecule has 0 spiro atoms.